The molecule has 0 aromatic heterocycles. The van der Waals surface area contributed by atoms with Crippen molar-refractivity contribution in [2.75, 3.05) is 36.4 Å². The largest absolute Gasteiger partial charge is 0.367 e. The molecule has 0 aliphatic carbocycles. The molecule has 7 heteroatoms. The molecule has 0 bridgehead atoms. The van der Waals surface area contributed by atoms with E-state index in [1.54, 1.807) is 12.1 Å². The third-order valence-corrected chi connectivity index (χ3v) is 6.60. The van der Waals surface area contributed by atoms with E-state index in [2.05, 4.69) is 26.1 Å². The van der Waals surface area contributed by atoms with Gasteiger partial charge in [-0.25, -0.2) is 0 Å². The monoisotopic (exact) mass is 511 g/mol. The highest BCUT2D eigenvalue weighted by molar-refractivity contribution is 9.10. The maximum atomic E-state index is 12.9. The lowest BCUT2D eigenvalue weighted by molar-refractivity contribution is 0.0746. The molecule has 1 aliphatic heterocycles. The van der Waals surface area contributed by atoms with E-state index in [1.165, 1.54) is 0 Å². The molecule has 1 N–H and O–H groups in total. The van der Waals surface area contributed by atoms with Crippen LogP contribution < -0.4 is 10.2 Å². The minimum atomic E-state index is -0.204. The van der Waals surface area contributed by atoms with Gasteiger partial charge in [0.05, 0.1) is 16.3 Å². The molecule has 32 heavy (non-hydrogen) atoms. The predicted molar refractivity (Wildman–Crippen MR) is 133 cm³/mol. The number of carbonyl (C=O) groups is 2. The topological polar surface area (TPSA) is 52.7 Å². The van der Waals surface area contributed by atoms with Crippen molar-refractivity contribution in [1.29, 1.82) is 0 Å². The van der Waals surface area contributed by atoms with Gasteiger partial charge in [0, 0.05) is 41.9 Å². The number of hydrogen-bond acceptors (Lipinski definition) is 3. The summed E-state index contributed by atoms with van der Waals surface area (Å²) in [6.07, 6.45) is 0. The number of anilines is 2. The molecule has 3 aromatic carbocycles. The highest BCUT2D eigenvalue weighted by Gasteiger charge is 2.24. The molecule has 0 spiro atoms. The smallest absolute Gasteiger partial charge is 0.256 e. The Kier molecular flexibility index (Phi) is 6.82. The third-order valence-electron chi connectivity index (χ3n) is 5.61. The highest BCUT2D eigenvalue weighted by Crippen LogP contribution is 2.30. The molecule has 5 nitrogen and oxygen atoms in total. The predicted octanol–water partition coefficient (Wildman–Crippen LogP) is 5.63. The first-order valence-electron chi connectivity index (χ1n) is 10.4. The van der Waals surface area contributed by atoms with Crippen molar-refractivity contribution in [3.05, 3.63) is 92.9 Å². The molecular weight excluding hydrogens is 490 g/mol. The lowest BCUT2D eigenvalue weighted by atomic mass is 10.1. The third kappa shape index (κ3) is 4.81. The van der Waals surface area contributed by atoms with Crippen LogP contribution in [-0.4, -0.2) is 42.9 Å². The second-order valence-corrected chi connectivity index (χ2v) is 8.96. The van der Waals surface area contributed by atoms with E-state index in [4.69, 9.17) is 11.6 Å². The first kappa shape index (κ1) is 22.4. The molecule has 1 heterocycles. The van der Waals surface area contributed by atoms with Crippen LogP contribution in [0.5, 0.6) is 0 Å². The van der Waals surface area contributed by atoms with Crippen molar-refractivity contribution in [2.24, 2.45) is 0 Å². The lowest BCUT2D eigenvalue weighted by Crippen LogP contribution is -2.49. The van der Waals surface area contributed by atoms with Gasteiger partial charge in [-0.3, -0.25) is 9.59 Å². The van der Waals surface area contributed by atoms with Crippen LogP contribution in [0, 0.1) is 6.92 Å². The maximum Gasteiger partial charge on any atom is 0.256 e. The number of nitrogens with one attached hydrogen (secondary N) is 1. The Bertz CT molecular complexity index is 1160. The van der Waals surface area contributed by atoms with Crippen LogP contribution >= 0.6 is 27.5 Å². The number of carbonyl (C=O) groups excluding carboxylic acids is 2. The van der Waals surface area contributed by atoms with E-state index in [-0.39, 0.29) is 11.8 Å². The second kappa shape index (κ2) is 9.76. The van der Waals surface area contributed by atoms with Gasteiger partial charge in [-0.2, -0.15) is 0 Å². The van der Waals surface area contributed by atoms with E-state index >= 15 is 0 Å². The zero-order valence-corrected chi connectivity index (χ0v) is 20.0. The summed E-state index contributed by atoms with van der Waals surface area (Å²) in [5.41, 5.74) is 3.83. The Hall–Kier alpha value is -2.83. The number of amides is 2. The van der Waals surface area contributed by atoms with Gasteiger partial charge in [-0.15, -0.1) is 0 Å². The highest BCUT2D eigenvalue weighted by atomic mass is 79.9. The lowest BCUT2D eigenvalue weighted by Gasteiger charge is -2.36. The van der Waals surface area contributed by atoms with Crippen molar-refractivity contribution >= 4 is 50.7 Å². The first-order chi connectivity index (χ1) is 15.4. The minimum Gasteiger partial charge on any atom is -0.367 e. The van der Waals surface area contributed by atoms with Gasteiger partial charge >= 0.3 is 0 Å². The Morgan fingerprint density at radius 2 is 1.56 bits per heavy atom. The van der Waals surface area contributed by atoms with E-state index in [0.29, 0.717) is 42.5 Å². The second-order valence-electron chi connectivity index (χ2n) is 7.69. The number of halogens is 2. The van der Waals surface area contributed by atoms with Gasteiger partial charge < -0.3 is 15.1 Å². The quantitative estimate of drug-likeness (QED) is 0.493. The first-order valence-corrected chi connectivity index (χ1v) is 11.6. The van der Waals surface area contributed by atoms with Crippen LogP contribution in [0.15, 0.2) is 71.2 Å². The molecule has 0 unspecified atom stereocenters. The Morgan fingerprint density at radius 1 is 0.906 bits per heavy atom. The van der Waals surface area contributed by atoms with Crippen LogP contribution in [0.25, 0.3) is 0 Å². The standard InChI is InChI=1S/C25H23BrClN3O2/c1-17-6-2-3-7-19(17)25(32)30-14-12-29(13-15-30)23-11-10-18(16-22(23)27)28-24(31)20-8-4-5-9-21(20)26/h2-11,16H,12-15H2,1H3,(H,28,31). The zero-order valence-electron chi connectivity index (χ0n) is 17.6. The Morgan fingerprint density at radius 3 is 2.22 bits per heavy atom. The van der Waals surface area contributed by atoms with E-state index in [9.17, 15) is 9.59 Å². The number of nitrogens with zero attached hydrogens (tertiary/aromatic N) is 2. The summed E-state index contributed by atoms with van der Waals surface area (Å²) in [6.45, 7) is 4.61. The molecule has 1 fully saturated rings. The molecule has 164 valence electrons. The summed E-state index contributed by atoms with van der Waals surface area (Å²) in [4.78, 5) is 29.5. The van der Waals surface area contributed by atoms with Gasteiger partial charge in [0.2, 0.25) is 0 Å². The van der Waals surface area contributed by atoms with Gasteiger partial charge in [-0.05, 0) is 64.8 Å². The summed E-state index contributed by atoms with van der Waals surface area (Å²) < 4.78 is 0.735. The van der Waals surface area contributed by atoms with Gasteiger partial charge in [0.1, 0.15) is 0 Å². The van der Waals surface area contributed by atoms with Crippen molar-refractivity contribution < 1.29 is 9.59 Å². The molecule has 3 aromatic rings. The van der Waals surface area contributed by atoms with Crippen LogP contribution in [-0.2, 0) is 0 Å². The van der Waals surface area contributed by atoms with Gasteiger partial charge in [-0.1, -0.05) is 41.9 Å². The number of rotatable bonds is 4. The number of benzene rings is 3. The fourth-order valence-electron chi connectivity index (χ4n) is 3.82. The van der Waals surface area contributed by atoms with Crippen LogP contribution in [0.1, 0.15) is 26.3 Å². The summed E-state index contributed by atoms with van der Waals surface area (Å²) >= 11 is 9.96. The summed E-state index contributed by atoms with van der Waals surface area (Å²) in [5, 5.41) is 3.45. The normalized spacial score (nSPS) is 13.7. The number of piperazine rings is 1. The van der Waals surface area contributed by atoms with Crippen LogP contribution in [0.4, 0.5) is 11.4 Å². The molecule has 0 saturated carbocycles. The van der Waals surface area contributed by atoms with Crippen molar-refractivity contribution in [2.45, 2.75) is 6.92 Å². The Labute approximate surface area is 201 Å². The maximum absolute atomic E-state index is 12.9. The fraction of sp³-hybridized carbons (Fsp3) is 0.200. The van der Waals surface area contributed by atoms with Gasteiger partial charge in [0.25, 0.3) is 11.8 Å². The number of hydrogen-bond donors (Lipinski definition) is 1. The van der Waals surface area contributed by atoms with Crippen LogP contribution in [0.2, 0.25) is 5.02 Å². The molecule has 4 rings (SSSR count). The van der Waals surface area contributed by atoms with Crippen LogP contribution in [0.3, 0.4) is 0 Å². The molecular formula is C25H23BrClN3O2. The molecule has 0 radical (unpaired) electrons. The summed E-state index contributed by atoms with van der Waals surface area (Å²) in [7, 11) is 0. The van der Waals surface area contributed by atoms with Crippen molar-refractivity contribution in [3.63, 3.8) is 0 Å². The van der Waals surface area contributed by atoms with E-state index in [1.807, 2.05) is 66.4 Å². The van der Waals surface area contributed by atoms with E-state index in [0.717, 1.165) is 21.3 Å². The average Bonchev–Trinajstić information content (AvgIpc) is 2.79. The molecule has 2 amide bonds. The summed E-state index contributed by atoms with van der Waals surface area (Å²) in [6, 6.07) is 20.5. The molecule has 0 atom stereocenters. The number of aryl methyl sites for hydroxylation is 1. The van der Waals surface area contributed by atoms with Crippen molar-refractivity contribution in [3.8, 4) is 0 Å². The minimum absolute atomic E-state index is 0.0685. The Balaban J connectivity index is 1.40. The van der Waals surface area contributed by atoms with E-state index < -0.39 is 0 Å². The molecule has 1 aliphatic rings. The van der Waals surface area contributed by atoms with Gasteiger partial charge in [0.15, 0.2) is 0 Å². The molecule has 1 saturated heterocycles. The zero-order chi connectivity index (χ0) is 22.7. The SMILES string of the molecule is Cc1ccccc1C(=O)N1CCN(c2ccc(NC(=O)c3ccccc3Br)cc2Cl)CC1. The fourth-order valence-corrected chi connectivity index (χ4v) is 4.58. The van der Waals surface area contributed by atoms with Crippen molar-refractivity contribution in [1.82, 2.24) is 4.90 Å². The summed E-state index contributed by atoms with van der Waals surface area (Å²) in [5.74, 6) is -0.136. The average molecular weight is 513 g/mol.